The Morgan fingerprint density at radius 1 is 0.536 bits per heavy atom. The molecule has 12 N–H and O–H groups in total. The number of ether oxygens (including phenoxy) is 1. The zero-order valence-corrected chi connectivity index (χ0v) is 73.8. The number of nitrogen functional groups attached to an aromatic ring is 4. The van der Waals surface area contributed by atoms with E-state index in [4.69, 9.17) is 42.1 Å². The fourth-order valence-electron chi connectivity index (χ4n) is 10.0. The van der Waals surface area contributed by atoms with Crippen molar-refractivity contribution in [3.05, 3.63) is 266 Å². The Bertz CT molecular complexity index is 5040. The number of rotatable bonds is 11. The fraction of sp³-hybridized carbons (Fsp3) is 0.237. The molecule has 12 aromatic rings. The lowest BCUT2D eigenvalue weighted by Gasteiger charge is -2.32. The summed E-state index contributed by atoms with van der Waals surface area (Å²) in [5.41, 5.74) is 39.2. The van der Waals surface area contributed by atoms with Gasteiger partial charge in [-0.15, -0.1) is 34.0 Å². The van der Waals surface area contributed by atoms with Crippen molar-refractivity contribution in [2.24, 2.45) is 0 Å². The highest BCUT2D eigenvalue weighted by molar-refractivity contribution is 9.11. The second kappa shape index (κ2) is 42.2. The number of pyridine rings is 1. The monoisotopic (exact) mass is 1830 g/mol. The fourth-order valence-corrected chi connectivity index (χ4v) is 13.5. The number of nitrogens with two attached hydrogens (primary N) is 4. The number of nitro benzene ring substituents is 2. The number of phenols is 1. The molecule has 7 aromatic carbocycles. The Hall–Kier alpha value is -9.77. The van der Waals surface area contributed by atoms with Gasteiger partial charge in [0.05, 0.1) is 76.0 Å². The predicted octanol–water partition coefficient (Wildman–Crippen LogP) is 20.8. The van der Waals surface area contributed by atoms with Crippen molar-refractivity contribution in [1.29, 1.82) is 0 Å². The molecular formula is C80H90BBr4N15O9S3. The number of amides is 1. The van der Waals surface area contributed by atoms with E-state index in [9.17, 15) is 25.0 Å². The van der Waals surface area contributed by atoms with E-state index in [1.807, 2.05) is 158 Å². The first-order chi connectivity index (χ1) is 52.8. The van der Waals surface area contributed by atoms with Crippen molar-refractivity contribution in [2.45, 2.75) is 115 Å². The molecule has 112 heavy (non-hydrogen) atoms. The molecule has 32 heteroatoms. The Labute approximate surface area is 699 Å². The molecule has 0 aliphatic carbocycles. The highest BCUT2D eigenvalue weighted by atomic mass is 79.9. The number of carbonyl (C=O) groups excluding carboxylic acids is 1. The molecule has 0 spiro atoms. The van der Waals surface area contributed by atoms with Crippen molar-refractivity contribution in [3.63, 3.8) is 0 Å². The molecular weight excluding hydrogens is 1740 g/mol. The average Bonchev–Trinajstić information content (AvgIpc) is 1.62. The zero-order valence-electron chi connectivity index (χ0n) is 65.0. The third kappa shape index (κ3) is 25.9. The van der Waals surface area contributed by atoms with Crippen molar-refractivity contribution < 1.29 is 33.8 Å². The third-order valence-electron chi connectivity index (χ3n) is 17.3. The molecule has 6 heterocycles. The average molecular weight is 1830 g/mol. The van der Waals surface area contributed by atoms with Gasteiger partial charge in [0, 0.05) is 108 Å². The maximum Gasteiger partial charge on any atom is 0.495 e. The van der Waals surface area contributed by atoms with Crippen LogP contribution in [0.15, 0.2) is 180 Å². The highest BCUT2D eigenvalue weighted by Gasteiger charge is 2.52. The molecule has 1 aliphatic rings. The molecule has 5 aromatic heterocycles. The lowest BCUT2D eigenvalue weighted by molar-refractivity contribution is -0.386. The lowest BCUT2D eigenvalue weighted by atomic mass is 9.76. The zero-order chi connectivity index (χ0) is 83.1. The summed E-state index contributed by atoms with van der Waals surface area (Å²) in [4.78, 5) is 58.3. The first kappa shape index (κ1) is 91.1. The second-order valence-electron chi connectivity index (χ2n) is 25.9. The Balaban J connectivity index is 0.000000213. The molecule has 0 radical (unpaired) electrons. The molecule has 0 saturated carbocycles. The minimum Gasteiger partial charge on any atom is -0.501 e. The minimum absolute atomic E-state index is 0.152. The Morgan fingerprint density at radius 3 is 1.49 bits per heavy atom. The van der Waals surface area contributed by atoms with Crippen LogP contribution in [-0.2, 0) is 9.31 Å². The number of phenolic OH excluding ortho intramolecular Hbond substituents is 1. The van der Waals surface area contributed by atoms with Crippen molar-refractivity contribution in [2.75, 3.05) is 47.7 Å². The number of aromatic hydroxyl groups is 1. The largest absolute Gasteiger partial charge is 0.501 e. The summed E-state index contributed by atoms with van der Waals surface area (Å²) in [5.74, 6) is 1.83. The van der Waals surface area contributed by atoms with Crippen molar-refractivity contribution in [3.8, 4) is 34.0 Å². The smallest absolute Gasteiger partial charge is 0.495 e. The van der Waals surface area contributed by atoms with Gasteiger partial charge in [0.2, 0.25) is 5.75 Å². The number of anilines is 8. The summed E-state index contributed by atoms with van der Waals surface area (Å²) in [5, 5.41) is 48.0. The quantitative estimate of drug-likeness (QED) is 0.0258. The van der Waals surface area contributed by atoms with Gasteiger partial charge in [-0.1, -0.05) is 92.5 Å². The van der Waals surface area contributed by atoms with Crippen LogP contribution in [0.3, 0.4) is 0 Å². The van der Waals surface area contributed by atoms with Crippen LogP contribution in [0, 0.1) is 96.4 Å². The van der Waals surface area contributed by atoms with Gasteiger partial charge in [0.15, 0.2) is 5.75 Å². The number of benzene rings is 7. The van der Waals surface area contributed by atoms with Crippen LogP contribution in [0.4, 0.5) is 57.1 Å². The van der Waals surface area contributed by atoms with Gasteiger partial charge in [-0.2, -0.15) is 0 Å². The van der Waals surface area contributed by atoms with Gasteiger partial charge < -0.3 is 58.0 Å². The number of nitrogens with one attached hydrogen (secondary N) is 3. The topological polar surface area (TPSA) is 369 Å². The van der Waals surface area contributed by atoms with Gasteiger partial charge >= 0.3 is 12.8 Å². The Kier molecular flexibility index (Phi) is 34.3. The first-order valence-corrected chi connectivity index (χ1v) is 40.2. The molecule has 588 valence electrons. The number of hydrogen-bond acceptors (Lipinski definition) is 24. The molecule has 0 unspecified atom stereocenters. The standard InChI is InChI=1S/C24H25N7O2S.C13H20BNO2.C11H12N2S.C8H11N.C7H6BrNO2.C7H8BrN.C6H4BrNO3.C4H4BrNS/c1-13-9-22(28-14(2)27-13)31-21-10-19(17(11-26-21)24(32)25-4)30-18-8-6-7-16(23(18)33-5)20-12-34-15(3)29-20;1-9-10(7-6-8-11(9)15)14-16-12(2,3)13(4,5)17-14;1-7-9(4-3-5-10(7)12)11-6-14-8(2)13-11;1-6-4-3-5-8(9)7(6)2;1-5-6(8)3-2-4-7(5)9(10)11;1-5-6(8)3-2-4-7(5)9;7-4-2-1-3-5(6(4)9)8(10)11;1-3-6-4(5)2-7-3/h6-12H,1-5H3,(H,25,32)(H2,26,27,28,30,31);6-8H,15H2,1-5H3;3-6H,12H2,1-2H3;3-5H,9H2,1-2H3;2-4H,1H3;2-4H,9H2,1H3;1-3,9H;2H,1H3. The van der Waals surface area contributed by atoms with Crippen LogP contribution in [0.5, 0.6) is 11.5 Å². The van der Waals surface area contributed by atoms with Crippen LogP contribution >= 0.6 is 97.7 Å². The number of para-hydroxylation sites is 2. The number of halogens is 4. The summed E-state index contributed by atoms with van der Waals surface area (Å²) in [7, 11) is 2.86. The minimum atomic E-state index is -0.639. The number of nitro groups is 2. The van der Waals surface area contributed by atoms with Gasteiger partial charge in [-0.3, -0.25) is 25.0 Å². The second-order valence-corrected chi connectivity index (χ2v) is 32.4. The van der Waals surface area contributed by atoms with E-state index in [1.54, 1.807) is 73.3 Å². The molecule has 13 rings (SSSR count). The van der Waals surface area contributed by atoms with Gasteiger partial charge in [0.1, 0.15) is 22.1 Å². The van der Waals surface area contributed by atoms with Crippen LogP contribution in [-0.4, -0.2) is 83.2 Å². The van der Waals surface area contributed by atoms with E-state index in [2.05, 4.69) is 162 Å². The van der Waals surface area contributed by atoms with Gasteiger partial charge in [-0.25, -0.2) is 29.9 Å². The van der Waals surface area contributed by atoms with Crippen LogP contribution in [0.1, 0.15) is 98.0 Å². The number of carbonyl (C=O) groups is 1. The summed E-state index contributed by atoms with van der Waals surface area (Å²) in [6, 6.07) is 42.0. The number of hydrogen-bond donors (Lipinski definition) is 8. The summed E-state index contributed by atoms with van der Waals surface area (Å²) < 4.78 is 20.9. The summed E-state index contributed by atoms with van der Waals surface area (Å²) >= 11 is 17.7. The molecule has 1 saturated heterocycles. The number of aryl methyl sites for hydroxylation is 6. The van der Waals surface area contributed by atoms with Crippen LogP contribution < -0.4 is 49.1 Å². The number of nitrogens with zero attached hydrogens (tertiary/aromatic N) is 8. The van der Waals surface area contributed by atoms with Crippen molar-refractivity contribution >= 4 is 173 Å². The predicted molar refractivity (Wildman–Crippen MR) is 473 cm³/mol. The van der Waals surface area contributed by atoms with E-state index >= 15 is 0 Å². The molecule has 24 nitrogen and oxygen atoms in total. The molecule has 1 amide bonds. The first-order valence-electron chi connectivity index (χ1n) is 34.4. The highest BCUT2D eigenvalue weighted by Crippen LogP contribution is 2.41. The lowest BCUT2D eigenvalue weighted by Crippen LogP contribution is -2.41. The SMILES string of the molecule is CNC(=O)c1cnc(Nc2cc(C)nc(C)n2)cc1Nc1cccc(-c2csc(C)n2)c1OC.Cc1c(Br)cccc1[N+](=O)[O-].Cc1c(N)cccc1B1OC(C)(C)C(C)(C)O1.Cc1c(N)cccc1Br.Cc1cccc(N)c1C.Cc1nc(-c2cccc(N)c2C)cs1.Cc1nc(Br)cs1.O=[N+]([O-])c1cccc(Br)c1O. The van der Waals surface area contributed by atoms with E-state index in [-0.39, 0.29) is 46.3 Å². The number of thiazole rings is 3. The summed E-state index contributed by atoms with van der Waals surface area (Å²) in [6.45, 7) is 29.7. The Morgan fingerprint density at radius 2 is 1.02 bits per heavy atom. The number of aromatic nitrogens is 6. The van der Waals surface area contributed by atoms with Gasteiger partial charge in [-0.05, 0) is 224 Å². The third-order valence-corrected chi connectivity index (χ3v) is 22.7. The maximum absolute atomic E-state index is 12.6. The molecule has 0 atom stereocenters. The van der Waals surface area contributed by atoms with E-state index in [1.165, 1.54) is 41.6 Å². The van der Waals surface area contributed by atoms with Crippen LogP contribution in [0.25, 0.3) is 22.5 Å². The maximum atomic E-state index is 12.6. The van der Waals surface area contributed by atoms with E-state index in [0.29, 0.717) is 50.2 Å². The summed E-state index contributed by atoms with van der Waals surface area (Å²) in [6.07, 6.45) is 1.52. The molecule has 0 bridgehead atoms. The normalized spacial score (nSPS) is 11.8. The van der Waals surface area contributed by atoms with E-state index < -0.39 is 4.92 Å². The van der Waals surface area contributed by atoms with E-state index in [0.717, 1.165) is 102 Å². The molecule has 1 fully saturated rings. The van der Waals surface area contributed by atoms with Crippen molar-refractivity contribution in [1.82, 2.24) is 35.2 Å². The molecule has 1 aliphatic heterocycles. The van der Waals surface area contributed by atoms with Crippen LogP contribution in [0.2, 0.25) is 0 Å². The van der Waals surface area contributed by atoms with Gasteiger partial charge in [0.25, 0.3) is 11.6 Å². The number of methoxy groups -OCH3 is 1.